The van der Waals surface area contributed by atoms with Gasteiger partial charge in [-0.2, -0.15) is 0 Å². The summed E-state index contributed by atoms with van der Waals surface area (Å²) in [6.07, 6.45) is 0. The molecule has 3 atom stereocenters. The minimum Gasteiger partial charge on any atom is -0.483 e. The molecule has 4 heterocycles. The van der Waals surface area contributed by atoms with Gasteiger partial charge in [-0.05, 0) is 42.5 Å². The topological polar surface area (TPSA) is 109 Å². The maximum atomic E-state index is 14.0. The fraction of sp³-hybridized carbons (Fsp3) is 0.308. The lowest BCUT2D eigenvalue weighted by atomic mass is 9.82. The lowest BCUT2D eigenvalue weighted by molar-refractivity contribution is -0.137. The van der Waals surface area contributed by atoms with E-state index in [2.05, 4.69) is 36.8 Å². The van der Waals surface area contributed by atoms with E-state index in [1.165, 1.54) is 16.7 Å². The highest BCUT2D eigenvalue weighted by Gasteiger charge is 2.56. The summed E-state index contributed by atoms with van der Waals surface area (Å²) < 4.78 is 13.0. The van der Waals surface area contributed by atoms with Crippen LogP contribution in [-0.4, -0.2) is 65.8 Å². The molecule has 3 aliphatic rings. The highest BCUT2D eigenvalue weighted by atomic mass is 79.9. The van der Waals surface area contributed by atoms with Gasteiger partial charge in [0.1, 0.15) is 11.0 Å². The first kappa shape index (κ1) is 26.8. The van der Waals surface area contributed by atoms with Gasteiger partial charge in [0.05, 0.1) is 29.8 Å². The maximum Gasteiger partial charge on any atom is 0.305 e. The molecule has 3 aromatic rings. The van der Waals surface area contributed by atoms with E-state index in [-0.39, 0.29) is 29.2 Å². The van der Waals surface area contributed by atoms with Crippen LogP contribution < -0.4 is 14.5 Å². The zero-order valence-corrected chi connectivity index (χ0v) is 25.0. The molecule has 1 N–H and O–H groups in total. The Morgan fingerprint density at radius 3 is 2.49 bits per heavy atom. The van der Waals surface area contributed by atoms with Gasteiger partial charge in [-0.3, -0.25) is 19.2 Å². The minimum absolute atomic E-state index is 0.162. The number of morpholine rings is 1. The minimum atomic E-state index is -0.767. The number of benzene rings is 2. The third kappa shape index (κ3) is 4.99. The molecular formula is C26H21Br2N3O6S2. The number of H-pyrrole nitrogens is 1. The number of hydrogen-bond acceptors (Lipinski definition) is 8. The van der Waals surface area contributed by atoms with Gasteiger partial charge < -0.3 is 19.4 Å². The van der Waals surface area contributed by atoms with Crippen LogP contribution in [0.1, 0.15) is 16.4 Å². The van der Waals surface area contributed by atoms with Crippen molar-refractivity contribution in [3.8, 4) is 5.75 Å². The number of thiazole rings is 1. The van der Waals surface area contributed by atoms with Gasteiger partial charge in [0, 0.05) is 38.4 Å². The van der Waals surface area contributed by atoms with Gasteiger partial charge in [-0.1, -0.05) is 55.0 Å². The number of aromatic amines is 1. The van der Waals surface area contributed by atoms with Gasteiger partial charge >= 0.3 is 4.87 Å². The fourth-order valence-electron chi connectivity index (χ4n) is 5.13. The Kier molecular flexibility index (Phi) is 7.44. The Balaban J connectivity index is 1.39. The standard InChI is InChI=1S/C26H21Br2N3O6S2/c27-13-1-4-15(5-2-13)31-24(33)20-19(21-23(29-26(35)39-21)38-22(20)25(31)34)16-11-14(28)3-6-17(16)37-12-18(32)30-7-9-36-10-8-30/h1-6,11,19-20,22H,7-10,12H2,(H,29,35)/t19-,20?,22?/m1/s1. The number of carbonyl (C=O) groups excluding carboxylic acids is 3. The van der Waals surface area contributed by atoms with E-state index in [1.807, 2.05) is 6.07 Å². The summed E-state index contributed by atoms with van der Waals surface area (Å²) >= 11 is 9.16. The van der Waals surface area contributed by atoms with Crippen molar-refractivity contribution in [3.63, 3.8) is 0 Å². The molecular weight excluding hydrogens is 674 g/mol. The van der Waals surface area contributed by atoms with E-state index in [0.29, 0.717) is 53.2 Å². The number of nitrogens with one attached hydrogen (secondary N) is 1. The average molecular weight is 695 g/mol. The van der Waals surface area contributed by atoms with Crippen molar-refractivity contribution >= 4 is 78.4 Å². The monoisotopic (exact) mass is 693 g/mol. The highest BCUT2D eigenvalue weighted by Crippen LogP contribution is 2.54. The van der Waals surface area contributed by atoms with Gasteiger partial charge in [-0.25, -0.2) is 4.90 Å². The van der Waals surface area contributed by atoms with Crippen LogP contribution in [0.5, 0.6) is 5.75 Å². The smallest absolute Gasteiger partial charge is 0.305 e. The molecule has 0 bridgehead atoms. The lowest BCUT2D eigenvalue weighted by Crippen LogP contribution is -2.43. The Labute approximate surface area is 248 Å². The summed E-state index contributed by atoms with van der Waals surface area (Å²) in [7, 11) is 0. The molecule has 13 heteroatoms. The number of hydrogen-bond donors (Lipinski definition) is 1. The van der Waals surface area contributed by atoms with Crippen molar-refractivity contribution in [2.24, 2.45) is 5.92 Å². The molecule has 3 aliphatic heterocycles. The molecule has 2 aromatic carbocycles. The first-order chi connectivity index (χ1) is 18.8. The summed E-state index contributed by atoms with van der Waals surface area (Å²) in [5.74, 6) is -1.81. The summed E-state index contributed by atoms with van der Waals surface area (Å²) in [5, 5.41) is -0.156. The zero-order chi connectivity index (χ0) is 27.3. The average Bonchev–Trinajstić information content (AvgIpc) is 3.43. The first-order valence-corrected chi connectivity index (χ1v) is 15.4. The molecule has 1 aromatic heterocycles. The van der Waals surface area contributed by atoms with Gasteiger partial charge in [-0.15, -0.1) is 0 Å². The van der Waals surface area contributed by atoms with Crippen molar-refractivity contribution in [1.82, 2.24) is 9.88 Å². The molecule has 2 unspecified atom stereocenters. The van der Waals surface area contributed by atoms with Gasteiger partial charge in [0.15, 0.2) is 6.61 Å². The van der Waals surface area contributed by atoms with Crippen LogP contribution >= 0.6 is 55.0 Å². The van der Waals surface area contributed by atoms with Crippen molar-refractivity contribution < 1.29 is 23.9 Å². The second-order valence-corrected chi connectivity index (χ2v) is 13.2. The van der Waals surface area contributed by atoms with Gasteiger partial charge in [0.25, 0.3) is 5.91 Å². The Bertz CT molecular complexity index is 1520. The molecule has 0 radical (unpaired) electrons. The van der Waals surface area contributed by atoms with Crippen LogP contribution in [0.4, 0.5) is 5.69 Å². The van der Waals surface area contributed by atoms with E-state index in [4.69, 9.17) is 9.47 Å². The Hall–Kier alpha value is -2.45. The van der Waals surface area contributed by atoms with Crippen LogP contribution in [0.15, 0.2) is 61.2 Å². The second-order valence-electron chi connectivity index (χ2n) is 9.20. The van der Waals surface area contributed by atoms with Crippen LogP contribution in [0.25, 0.3) is 0 Å². The summed E-state index contributed by atoms with van der Waals surface area (Å²) in [6, 6.07) is 12.4. The van der Waals surface area contributed by atoms with Crippen molar-refractivity contribution in [1.29, 1.82) is 0 Å². The molecule has 9 nitrogen and oxygen atoms in total. The lowest BCUT2D eigenvalue weighted by Gasteiger charge is -2.31. The van der Waals surface area contributed by atoms with Crippen molar-refractivity contribution in [3.05, 3.63) is 71.5 Å². The highest BCUT2D eigenvalue weighted by molar-refractivity contribution is 9.10. The number of imide groups is 1. The largest absolute Gasteiger partial charge is 0.483 e. The van der Waals surface area contributed by atoms with Crippen LogP contribution in [0, 0.1) is 5.92 Å². The first-order valence-electron chi connectivity index (χ1n) is 12.1. The van der Waals surface area contributed by atoms with E-state index >= 15 is 0 Å². The number of fused-ring (bicyclic) bond motifs is 2. The molecule has 0 aliphatic carbocycles. The number of aromatic nitrogens is 1. The molecule has 6 rings (SSSR count). The number of thioether (sulfide) groups is 1. The van der Waals surface area contributed by atoms with E-state index < -0.39 is 17.1 Å². The fourth-order valence-corrected chi connectivity index (χ4v) is 8.28. The predicted molar refractivity (Wildman–Crippen MR) is 154 cm³/mol. The number of anilines is 1. The van der Waals surface area contributed by atoms with E-state index in [9.17, 15) is 19.2 Å². The molecule has 3 amide bonds. The number of rotatable bonds is 5. The number of ether oxygens (including phenoxy) is 2. The zero-order valence-electron chi connectivity index (χ0n) is 20.2. The molecule has 0 saturated carbocycles. The summed E-state index contributed by atoms with van der Waals surface area (Å²) in [6.45, 7) is 1.79. The maximum absolute atomic E-state index is 14.0. The number of carbonyl (C=O) groups is 3. The van der Waals surface area contributed by atoms with Crippen LogP contribution in [-0.2, 0) is 19.1 Å². The quantitative estimate of drug-likeness (QED) is 0.403. The molecule has 202 valence electrons. The molecule has 0 spiro atoms. The number of nitrogens with zero attached hydrogens (tertiary/aromatic N) is 2. The van der Waals surface area contributed by atoms with E-state index in [0.717, 1.165) is 20.3 Å². The second kappa shape index (κ2) is 10.8. The summed E-state index contributed by atoms with van der Waals surface area (Å²) in [4.78, 5) is 59.1. The van der Waals surface area contributed by atoms with Crippen LogP contribution in [0.2, 0.25) is 0 Å². The predicted octanol–water partition coefficient (Wildman–Crippen LogP) is 3.99. The SMILES string of the molecule is O=C(COc1ccc(Br)cc1[C@H]1c2sc(=O)[nH]c2SC2C(=O)N(c3ccc(Br)cc3)C(=O)C21)N1CCOCC1. The normalized spacial score (nSPS) is 22.6. The van der Waals surface area contributed by atoms with Crippen LogP contribution in [0.3, 0.4) is 0 Å². The molecule has 2 fully saturated rings. The van der Waals surface area contributed by atoms with Gasteiger partial charge in [0.2, 0.25) is 11.8 Å². The summed E-state index contributed by atoms with van der Waals surface area (Å²) in [5.41, 5.74) is 1.12. The number of amides is 3. The molecule has 39 heavy (non-hydrogen) atoms. The van der Waals surface area contributed by atoms with Crippen molar-refractivity contribution in [2.75, 3.05) is 37.8 Å². The van der Waals surface area contributed by atoms with Crippen molar-refractivity contribution in [2.45, 2.75) is 16.2 Å². The molecule has 2 saturated heterocycles. The van der Waals surface area contributed by atoms with E-state index in [1.54, 1.807) is 41.3 Å². The number of halogens is 2. The third-order valence-corrected chi connectivity index (χ3v) is 10.4. The third-order valence-electron chi connectivity index (χ3n) is 6.93. The Morgan fingerprint density at radius 1 is 1.03 bits per heavy atom. The Morgan fingerprint density at radius 2 is 1.74 bits per heavy atom.